The molecular weight excluding hydrogens is 328 g/mol. The quantitative estimate of drug-likeness (QED) is 0.709. The van der Waals surface area contributed by atoms with Gasteiger partial charge in [-0.1, -0.05) is 25.4 Å². The van der Waals surface area contributed by atoms with Gasteiger partial charge in [0.15, 0.2) is 0 Å². The Morgan fingerprint density at radius 2 is 2.00 bits per heavy atom. The molecule has 0 aliphatic carbocycles. The van der Waals surface area contributed by atoms with Crippen LogP contribution in [0.15, 0.2) is 18.2 Å². The lowest BCUT2D eigenvalue weighted by molar-refractivity contribution is -0.116. The Labute approximate surface area is 138 Å². The molecule has 0 bridgehead atoms. The molecule has 0 saturated carbocycles. The Kier molecular flexibility index (Phi) is 6.90. The summed E-state index contributed by atoms with van der Waals surface area (Å²) in [5, 5.41) is 4.81. The van der Waals surface area contributed by atoms with Crippen molar-refractivity contribution in [3.63, 3.8) is 0 Å². The minimum atomic E-state index is -3.19. The number of hydrogen-bond donors (Lipinski definition) is 3. The summed E-state index contributed by atoms with van der Waals surface area (Å²) < 4.78 is 26.1. The number of halogens is 3. The maximum Gasteiger partial charge on any atom is 0.277 e. The number of anilines is 1. The number of hydrogen-bond acceptors (Lipinski definition) is 3. The van der Waals surface area contributed by atoms with Crippen LogP contribution in [0.2, 0.25) is 5.02 Å². The second kappa shape index (κ2) is 8.21. The van der Waals surface area contributed by atoms with E-state index in [9.17, 15) is 18.4 Å². The summed E-state index contributed by atoms with van der Waals surface area (Å²) in [7, 11) is 0. The topological polar surface area (TPSA) is 84.2 Å². The zero-order valence-electron chi connectivity index (χ0n) is 13.0. The molecule has 1 rings (SSSR count). The monoisotopic (exact) mass is 347 g/mol. The Bertz CT molecular complexity index is 580. The minimum absolute atomic E-state index is 0.00170. The molecule has 0 fully saturated rings. The fourth-order valence-electron chi connectivity index (χ4n) is 1.74. The average molecular weight is 348 g/mol. The van der Waals surface area contributed by atoms with Crippen LogP contribution in [0.4, 0.5) is 14.5 Å². The Hall–Kier alpha value is -1.73. The van der Waals surface area contributed by atoms with Crippen molar-refractivity contribution in [3.05, 3.63) is 28.8 Å². The van der Waals surface area contributed by atoms with E-state index in [1.54, 1.807) is 0 Å². The molecule has 23 heavy (non-hydrogen) atoms. The maximum atomic E-state index is 13.1. The van der Waals surface area contributed by atoms with Crippen LogP contribution in [0.1, 0.15) is 30.6 Å². The fraction of sp³-hybridized carbons (Fsp3) is 0.467. The summed E-state index contributed by atoms with van der Waals surface area (Å²) in [6, 6.07) is 4.30. The van der Waals surface area contributed by atoms with Crippen LogP contribution < -0.4 is 16.4 Å². The molecule has 0 heterocycles. The summed E-state index contributed by atoms with van der Waals surface area (Å²) in [4.78, 5) is 23.7. The van der Waals surface area contributed by atoms with Gasteiger partial charge in [-0.25, -0.2) is 8.78 Å². The van der Waals surface area contributed by atoms with Crippen molar-refractivity contribution in [2.24, 2.45) is 11.7 Å². The van der Waals surface area contributed by atoms with Gasteiger partial charge in [0.25, 0.3) is 11.8 Å². The minimum Gasteiger partial charge on any atom is -0.346 e. The number of benzene rings is 1. The van der Waals surface area contributed by atoms with Gasteiger partial charge in [-0.15, -0.1) is 0 Å². The van der Waals surface area contributed by atoms with Gasteiger partial charge in [-0.05, 0) is 24.1 Å². The van der Waals surface area contributed by atoms with Gasteiger partial charge in [0.05, 0.1) is 23.7 Å². The third-order valence-electron chi connectivity index (χ3n) is 2.89. The second-order valence-electron chi connectivity index (χ2n) is 5.58. The van der Waals surface area contributed by atoms with Gasteiger partial charge >= 0.3 is 0 Å². The second-order valence-corrected chi connectivity index (χ2v) is 5.99. The van der Waals surface area contributed by atoms with Crippen molar-refractivity contribution in [1.82, 2.24) is 5.32 Å². The molecule has 0 radical (unpaired) electrons. The number of carbonyl (C=O) groups excluding carboxylic acids is 2. The highest BCUT2D eigenvalue weighted by atomic mass is 35.5. The molecule has 0 aliphatic heterocycles. The van der Waals surface area contributed by atoms with E-state index in [4.69, 9.17) is 17.3 Å². The van der Waals surface area contributed by atoms with Crippen LogP contribution in [-0.4, -0.2) is 30.8 Å². The third-order valence-corrected chi connectivity index (χ3v) is 3.22. The summed E-state index contributed by atoms with van der Waals surface area (Å²) in [6.45, 7) is 2.05. The van der Waals surface area contributed by atoms with Crippen molar-refractivity contribution >= 4 is 29.1 Å². The zero-order chi connectivity index (χ0) is 17.6. The normalized spacial score (nSPS) is 11.4. The number of rotatable bonds is 7. The average Bonchev–Trinajstić information content (AvgIpc) is 2.46. The number of amides is 2. The Balaban J connectivity index is 2.80. The number of carbonyl (C=O) groups is 2. The van der Waals surface area contributed by atoms with E-state index in [2.05, 4.69) is 10.6 Å². The molecule has 1 aromatic carbocycles. The van der Waals surface area contributed by atoms with Crippen molar-refractivity contribution < 1.29 is 18.4 Å². The molecule has 5 nitrogen and oxygen atoms in total. The molecule has 2 amide bonds. The predicted octanol–water partition coefficient (Wildman–Crippen LogP) is 2.65. The Morgan fingerprint density at radius 3 is 2.57 bits per heavy atom. The van der Waals surface area contributed by atoms with Gasteiger partial charge in [-0.2, -0.15) is 0 Å². The smallest absolute Gasteiger partial charge is 0.277 e. The molecule has 0 spiro atoms. The first-order valence-corrected chi connectivity index (χ1v) is 7.48. The van der Waals surface area contributed by atoms with Crippen molar-refractivity contribution in [3.8, 4) is 0 Å². The van der Waals surface area contributed by atoms with E-state index in [1.807, 2.05) is 13.8 Å². The predicted molar refractivity (Wildman–Crippen MR) is 85.9 cm³/mol. The summed E-state index contributed by atoms with van der Waals surface area (Å²) >= 11 is 5.91. The molecule has 0 aliphatic rings. The standard InChI is InChI=1S/C15H20ClF2N3O2/c1-9(2)5-13(22)21-10-3-4-12(16)11(6-10)14(23)20-8-15(17,18)7-19/h3-4,6,9H,5,7-8,19H2,1-2H3,(H,20,23)(H,21,22). The molecule has 128 valence electrons. The molecule has 8 heteroatoms. The fourth-order valence-corrected chi connectivity index (χ4v) is 1.94. The highest BCUT2D eigenvalue weighted by molar-refractivity contribution is 6.34. The van der Waals surface area contributed by atoms with Crippen molar-refractivity contribution in [2.75, 3.05) is 18.4 Å². The van der Waals surface area contributed by atoms with Gasteiger partial charge in [0.1, 0.15) is 0 Å². The first-order chi connectivity index (χ1) is 10.6. The van der Waals surface area contributed by atoms with E-state index in [0.29, 0.717) is 12.1 Å². The van der Waals surface area contributed by atoms with E-state index in [0.717, 1.165) is 0 Å². The van der Waals surface area contributed by atoms with E-state index < -0.39 is 24.9 Å². The third kappa shape index (κ3) is 6.50. The summed E-state index contributed by atoms with van der Waals surface area (Å²) in [6.07, 6.45) is 0.326. The van der Waals surface area contributed by atoms with Crippen LogP contribution >= 0.6 is 11.6 Å². The first kappa shape index (κ1) is 19.3. The lowest BCUT2D eigenvalue weighted by atomic mass is 10.1. The summed E-state index contributed by atoms with van der Waals surface area (Å²) in [5.74, 6) is -3.97. The lowest BCUT2D eigenvalue weighted by Crippen LogP contribution is -2.41. The number of nitrogens with one attached hydrogen (secondary N) is 2. The molecule has 0 atom stereocenters. The van der Waals surface area contributed by atoms with Crippen molar-refractivity contribution in [2.45, 2.75) is 26.2 Å². The van der Waals surface area contributed by atoms with E-state index >= 15 is 0 Å². The summed E-state index contributed by atoms with van der Waals surface area (Å²) in [5.41, 5.74) is 5.28. The Morgan fingerprint density at radius 1 is 1.35 bits per heavy atom. The SMILES string of the molecule is CC(C)CC(=O)Nc1ccc(Cl)c(C(=O)NCC(F)(F)CN)c1. The van der Waals surface area contributed by atoms with Crippen LogP contribution in [-0.2, 0) is 4.79 Å². The highest BCUT2D eigenvalue weighted by Gasteiger charge is 2.27. The molecule has 0 unspecified atom stereocenters. The molecule has 0 aromatic heterocycles. The molecule has 4 N–H and O–H groups in total. The van der Waals surface area contributed by atoms with E-state index in [-0.39, 0.29) is 22.4 Å². The van der Waals surface area contributed by atoms with E-state index in [1.165, 1.54) is 18.2 Å². The zero-order valence-corrected chi connectivity index (χ0v) is 13.7. The molecular formula is C15H20ClF2N3O2. The van der Waals surface area contributed by atoms with Gasteiger partial charge in [0, 0.05) is 12.1 Å². The van der Waals surface area contributed by atoms with Gasteiger partial charge in [0.2, 0.25) is 5.91 Å². The highest BCUT2D eigenvalue weighted by Crippen LogP contribution is 2.21. The van der Waals surface area contributed by atoms with Gasteiger partial charge < -0.3 is 16.4 Å². The number of alkyl halides is 2. The largest absolute Gasteiger partial charge is 0.346 e. The first-order valence-electron chi connectivity index (χ1n) is 7.10. The van der Waals surface area contributed by atoms with Gasteiger partial charge in [-0.3, -0.25) is 9.59 Å². The van der Waals surface area contributed by atoms with Crippen LogP contribution in [0.25, 0.3) is 0 Å². The van der Waals surface area contributed by atoms with Crippen LogP contribution in [0, 0.1) is 5.92 Å². The van der Waals surface area contributed by atoms with Crippen LogP contribution in [0.5, 0.6) is 0 Å². The van der Waals surface area contributed by atoms with Crippen LogP contribution in [0.3, 0.4) is 0 Å². The lowest BCUT2D eigenvalue weighted by Gasteiger charge is -2.15. The number of nitrogens with two attached hydrogens (primary N) is 1. The molecule has 0 saturated heterocycles. The van der Waals surface area contributed by atoms with Crippen molar-refractivity contribution in [1.29, 1.82) is 0 Å². The molecule has 1 aromatic rings. The maximum absolute atomic E-state index is 13.1.